The van der Waals surface area contributed by atoms with Gasteiger partial charge in [-0.2, -0.15) is 0 Å². The summed E-state index contributed by atoms with van der Waals surface area (Å²) >= 11 is 0. The van der Waals surface area contributed by atoms with E-state index in [4.69, 9.17) is 37.0 Å². The Hall–Kier alpha value is -1.94. The van der Waals surface area contributed by atoms with Gasteiger partial charge in [0.2, 0.25) is 0 Å². The quantitative estimate of drug-likeness (QED) is 0.0222. The van der Waals surface area contributed by atoms with Crippen molar-refractivity contribution in [1.82, 2.24) is 0 Å². The smallest absolute Gasteiger partial charge is 0.462 e. The molecule has 570 valence electrons. The van der Waals surface area contributed by atoms with Crippen molar-refractivity contribution < 1.29 is 80.2 Å². The molecule has 0 aliphatic heterocycles. The molecular weight excluding hydrogens is 1260 g/mol. The summed E-state index contributed by atoms with van der Waals surface area (Å²) in [6.07, 6.45) is 62.1. The molecule has 0 amide bonds. The van der Waals surface area contributed by atoms with E-state index in [0.29, 0.717) is 25.7 Å². The average Bonchev–Trinajstić information content (AvgIpc) is 1.36. The van der Waals surface area contributed by atoms with Gasteiger partial charge < -0.3 is 33.8 Å². The highest BCUT2D eigenvalue weighted by atomic mass is 31.2. The number of unbranched alkanes of at least 4 members (excludes halogenated alkanes) is 52. The lowest BCUT2D eigenvalue weighted by molar-refractivity contribution is -0.161. The minimum absolute atomic E-state index is 0.109. The molecule has 0 radical (unpaired) electrons. The summed E-state index contributed by atoms with van der Waals surface area (Å²) in [7, 11) is -9.91. The van der Waals surface area contributed by atoms with Gasteiger partial charge in [0.25, 0.3) is 0 Å². The molecular formula is C77H150O17P2. The third kappa shape index (κ3) is 70.5. The number of hydrogen-bond donors (Lipinski definition) is 3. The van der Waals surface area contributed by atoms with Crippen molar-refractivity contribution in [3.8, 4) is 0 Å². The third-order valence-electron chi connectivity index (χ3n) is 18.1. The van der Waals surface area contributed by atoms with Crippen LogP contribution >= 0.6 is 15.6 Å². The van der Waals surface area contributed by atoms with Crippen molar-refractivity contribution >= 4 is 39.5 Å². The van der Waals surface area contributed by atoms with Crippen molar-refractivity contribution in [3.63, 3.8) is 0 Å². The van der Waals surface area contributed by atoms with Gasteiger partial charge in [-0.25, -0.2) is 9.13 Å². The number of phosphoric ester groups is 2. The van der Waals surface area contributed by atoms with Crippen molar-refractivity contribution in [2.24, 2.45) is 0 Å². The first-order valence-electron chi connectivity index (χ1n) is 40.3. The number of carbonyl (C=O) groups excluding carboxylic acids is 4. The zero-order chi connectivity index (χ0) is 70.4. The summed E-state index contributed by atoms with van der Waals surface area (Å²) in [5.41, 5.74) is 0. The minimum Gasteiger partial charge on any atom is -0.462 e. The molecule has 96 heavy (non-hydrogen) atoms. The Balaban J connectivity index is 5.26. The summed E-state index contributed by atoms with van der Waals surface area (Å²) in [6.45, 7) is 5.01. The van der Waals surface area contributed by atoms with Crippen LogP contribution in [-0.2, 0) is 65.4 Å². The van der Waals surface area contributed by atoms with Crippen LogP contribution < -0.4 is 0 Å². The minimum atomic E-state index is -4.96. The molecule has 0 aromatic carbocycles. The van der Waals surface area contributed by atoms with E-state index in [1.807, 2.05) is 0 Å². The largest absolute Gasteiger partial charge is 0.472 e. The highest BCUT2D eigenvalue weighted by Crippen LogP contribution is 2.45. The first-order chi connectivity index (χ1) is 46.7. The van der Waals surface area contributed by atoms with Crippen molar-refractivity contribution in [3.05, 3.63) is 0 Å². The summed E-state index contributed by atoms with van der Waals surface area (Å²) in [6, 6.07) is 0. The molecule has 0 saturated heterocycles. The molecule has 3 N–H and O–H groups in total. The van der Waals surface area contributed by atoms with Gasteiger partial charge in [0, 0.05) is 25.7 Å². The van der Waals surface area contributed by atoms with Crippen LogP contribution in [0.5, 0.6) is 0 Å². The Kier molecular flexibility index (Phi) is 70.0. The predicted octanol–water partition coefficient (Wildman–Crippen LogP) is 23.0. The Morgan fingerprint density at radius 1 is 0.250 bits per heavy atom. The number of rotatable bonds is 78. The van der Waals surface area contributed by atoms with E-state index in [2.05, 4.69) is 27.7 Å². The normalized spacial score (nSPS) is 13.9. The molecule has 0 aliphatic rings. The number of esters is 4. The van der Waals surface area contributed by atoms with E-state index >= 15 is 0 Å². The third-order valence-corrected chi connectivity index (χ3v) is 20.0. The second kappa shape index (κ2) is 71.5. The van der Waals surface area contributed by atoms with Crippen molar-refractivity contribution in [1.29, 1.82) is 0 Å². The van der Waals surface area contributed by atoms with Gasteiger partial charge in [0.1, 0.15) is 19.3 Å². The Bertz CT molecular complexity index is 1830. The van der Waals surface area contributed by atoms with Crippen LogP contribution in [0.1, 0.15) is 413 Å². The summed E-state index contributed by atoms with van der Waals surface area (Å²) in [5.74, 6) is -2.11. The molecule has 0 aliphatic carbocycles. The van der Waals surface area contributed by atoms with Crippen LogP contribution in [0.25, 0.3) is 0 Å². The van der Waals surface area contributed by atoms with Gasteiger partial charge in [-0.1, -0.05) is 362 Å². The van der Waals surface area contributed by atoms with Crippen LogP contribution in [-0.4, -0.2) is 96.7 Å². The molecule has 0 aromatic heterocycles. The SMILES string of the molecule is CCCCCCCCCCCCCCCCCC(=O)OC[C@H](COP(=O)(O)OC[C@H](O)COP(=O)(O)OC[C@@H](COC(=O)CCCCCCCCCCCCCCC)OC(=O)CCCCCCCCCCCCCCC)OC(=O)CCCCCCCCCCCCCCCCC. The fourth-order valence-electron chi connectivity index (χ4n) is 11.9. The molecule has 19 heteroatoms. The first-order valence-corrected chi connectivity index (χ1v) is 43.3. The molecule has 0 saturated carbocycles. The summed E-state index contributed by atoms with van der Waals surface area (Å²) in [5, 5.41) is 10.6. The predicted molar refractivity (Wildman–Crippen MR) is 391 cm³/mol. The molecule has 17 nitrogen and oxygen atoms in total. The highest BCUT2D eigenvalue weighted by molar-refractivity contribution is 7.47. The van der Waals surface area contributed by atoms with Crippen LogP contribution in [0, 0.1) is 0 Å². The fraction of sp³-hybridized carbons (Fsp3) is 0.948. The average molecular weight is 1410 g/mol. The van der Waals surface area contributed by atoms with Gasteiger partial charge >= 0.3 is 39.5 Å². The maximum absolute atomic E-state index is 13.1. The molecule has 5 atom stereocenters. The Morgan fingerprint density at radius 2 is 0.417 bits per heavy atom. The second-order valence-electron chi connectivity index (χ2n) is 27.7. The van der Waals surface area contributed by atoms with E-state index in [9.17, 15) is 43.2 Å². The fourth-order valence-corrected chi connectivity index (χ4v) is 13.5. The monoisotopic (exact) mass is 1410 g/mol. The maximum atomic E-state index is 13.1. The number of phosphoric acid groups is 2. The van der Waals surface area contributed by atoms with Gasteiger partial charge in [0.05, 0.1) is 26.4 Å². The van der Waals surface area contributed by atoms with E-state index in [1.54, 1.807) is 0 Å². The number of carbonyl (C=O) groups is 4. The van der Waals surface area contributed by atoms with E-state index < -0.39 is 97.5 Å². The van der Waals surface area contributed by atoms with Crippen molar-refractivity contribution in [2.75, 3.05) is 39.6 Å². The van der Waals surface area contributed by atoms with Crippen LogP contribution in [0.15, 0.2) is 0 Å². The topological polar surface area (TPSA) is 237 Å². The lowest BCUT2D eigenvalue weighted by Gasteiger charge is -2.21. The molecule has 0 heterocycles. The van der Waals surface area contributed by atoms with Gasteiger partial charge in [0.15, 0.2) is 12.2 Å². The van der Waals surface area contributed by atoms with Crippen LogP contribution in [0.2, 0.25) is 0 Å². The van der Waals surface area contributed by atoms with Gasteiger partial charge in [-0.05, 0) is 25.7 Å². The highest BCUT2D eigenvalue weighted by Gasteiger charge is 2.30. The zero-order valence-corrected chi connectivity index (χ0v) is 64.1. The van der Waals surface area contributed by atoms with Crippen LogP contribution in [0.4, 0.5) is 0 Å². The molecule has 2 unspecified atom stereocenters. The number of hydrogen-bond acceptors (Lipinski definition) is 15. The standard InChI is InChI=1S/C77H150O17P2/c1-5-9-13-17-21-25-29-33-35-39-42-46-50-54-58-62-75(80)88-68-73(94-77(82)64-60-56-52-48-44-40-36-34-30-26-22-18-14-10-6-2)70-92-96(85,86)90-66-71(78)65-89-95(83,84)91-69-72(93-76(81)63-59-55-51-47-43-38-32-28-24-20-16-12-8-4)67-87-74(79)61-57-53-49-45-41-37-31-27-23-19-15-11-7-3/h71-73,78H,5-70H2,1-4H3,(H,83,84)(H,85,86)/t71-,72-,73-/m1/s1. The van der Waals surface area contributed by atoms with Gasteiger partial charge in [-0.3, -0.25) is 37.3 Å². The first kappa shape index (κ1) is 94.1. The van der Waals surface area contributed by atoms with E-state index in [1.165, 1.54) is 244 Å². The molecule has 0 bridgehead atoms. The van der Waals surface area contributed by atoms with Crippen molar-refractivity contribution in [2.45, 2.75) is 431 Å². The molecule has 0 rings (SSSR count). The molecule has 0 spiro atoms. The molecule has 0 aromatic rings. The van der Waals surface area contributed by atoms with Gasteiger partial charge in [-0.15, -0.1) is 0 Å². The lowest BCUT2D eigenvalue weighted by atomic mass is 10.0. The summed E-state index contributed by atoms with van der Waals surface area (Å²) in [4.78, 5) is 72.9. The second-order valence-corrected chi connectivity index (χ2v) is 30.7. The number of ether oxygens (including phenoxy) is 4. The number of aliphatic hydroxyl groups is 1. The molecule has 0 fully saturated rings. The Labute approximate surface area is 588 Å². The number of aliphatic hydroxyl groups excluding tert-OH is 1. The lowest BCUT2D eigenvalue weighted by Crippen LogP contribution is -2.30. The van der Waals surface area contributed by atoms with E-state index in [-0.39, 0.29) is 25.7 Å². The van der Waals surface area contributed by atoms with E-state index in [0.717, 1.165) is 89.9 Å². The zero-order valence-electron chi connectivity index (χ0n) is 62.4. The maximum Gasteiger partial charge on any atom is 0.472 e. The summed E-state index contributed by atoms with van der Waals surface area (Å²) < 4.78 is 68.6. The van der Waals surface area contributed by atoms with Crippen LogP contribution in [0.3, 0.4) is 0 Å². The Morgan fingerprint density at radius 3 is 0.615 bits per heavy atom.